The van der Waals surface area contributed by atoms with E-state index >= 15 is 0 Å². The fourth-order valence-electron chi connectivity index (χ4n) is 0.828. The third kappa shape index (κ3) is 7.45. The number of halogens is 3. The zero-order chi connectivity index (χ0) is 10.1. The maximum Gasteiger partial charge on any atom is 0.314 e. The minimum absolute atomic E-state index is 0.487. The molecule has 0 fully saturated rings. The number of unbranched alkanes of at least 4 members (excludes halogenated alkanes) is 4. The van der Waals surface area contributed by atoms with Crippen molar-refractivity contribution in [2.24, 2.45) is 0 Å². The second kappa shape index (κ2) is 7.72. The van der Waals surface area contributed by atoms with E-state index in [1.807, 2.05) is 0 Å². The first-order valence-corrected chi connectivity index (χ1v) is 4.38. The van der Waals surface area contributed by atoms with E-state index in [4.69, 9.17) is 0 Å². The predicted molar refractivity (Wildman–Crippen MR) is 46.9 cm³/mol. The molecular formula is C10H13F3. The van der Waals surface area contributed by atoms with Crippen LogP contribution < -0.4 is 0 Å². The highest BCUT2D eigenvalue weighted by Crippen LogP contribution is 2.07. The highest BCUT2D eigenvalue weighted by atomic mass is 19.3. The summed E-state index contributed by atoms with van der Waals surface area (Å²) >= 11 is 0. The summed E-state index contributed by atoms with van der Waals surface area (Å²) in [6, 6.07) is 0. The molecule has 0 N–H and O–H groups in total. The summed E-state index contributed by atoms with van der Waals surface area (Å²) in [5, 5.41) is 0. The molecule has 0 aliphatic heterocycles. The van der Waals surface area contributed by atoms with Crippen molar-refractivity contribution < 1.29 is 13.2 Å². The molecule has 0 heterocycles. The van der Waals surface area contributed by atoms with Gasteiger partial charge in [0.2, 0.25) is 5.83 Å². The van der Waals surface area contributed by atoms with E-state index in [0.717, 1.165) is 25.7 Å². The second-order valence-corrected chi connectivity index (χ2v) is 2.69. The monoisotopic (exact) mass is 190 g/mol. The van der Waals surface area contributed by atoms with Crippen LogP contribution in [0.3, 0.4) is 0 Å². The topological polar surface area (TPSA) is 0 Å². The van der Waals surface area contributed by atoms with E-state index in [1.165, 1.54) is 0 Å². The predicted octanol–water partition coefficient (Wildman–Crippen LogP) is 4.04. The van der Waals surface area contributed by atoms with Crippen LogP contribution in [0.15, 0.2) is 11.9 Å². The minimum Gasteiger partial charge on any atom is -0.191 e. The minimum atomic E-state index is -2.33. The van der Waals surface area contributed by atoms with Crippen LogP contribution in [0.5, 0.6) is 0 Å². The Labute approximate surface area is 76.8 Å². The van der Waals surface area contributed by atoms with Gasteiger partial charge in [-0.25, -0.2) is 0 Å². The van der Waals surface area contributed by atoms with Crippen molar-refractivity contribution in [3.63, 3.8) is 0 Å². The van der Waals surface area contributed by atoms with E-state index < -0.39 is 11.9 Å². The molecule has 0 saturated carbocycles. The van der Waals surface area contributed by atoms with Crippen molar-refractivity contribution in [3.8, 4) is 11.8 Å². The normalized spacial score (nSPS) is 8.92. The van der Waals surface area contributed by atoms with Gasteiger partial charge in [-0.15, -0.1) is 0 Å². The first kappa shape index (κ1) is 12.1. The van der Waals surface area contributed by atoms with Crippen molar-refractivity contribution in [3.05, 3.63) is 11.9 Å². The van der Waals surface area contributed by atoms with Crippen LogP contribution in [0.25, 0.3) is 0 Å². The molecule has 13 heavy (non-hydrogen) atoms. The summed E-state index contributed by atoms with van der Waals surface area (Å²) in [4.78, 5) is 0. The Bertz CT molecular complexity index is 216. The lowest BCUT2D eigenvalue weighted by Gasteiger charge is -1.91. The first-order valence-electron chi connectivity index (χ1n) is 4.38. The molecule has 0 aromatic carbocycles. The van der Waals surface area contributed by atoms with Crippen LogP contribution in [0.4, 0.5) is 13.2 Å². The molecule has 0 spiro atoms. The molecule has 0 bridgehead atoms. The number of allylic oxidation sites excluding steroid dienone is 1. The molecule has 0 aliphatic rings. The summed E-state index contributed by atoms with van der Waals surface area (Å²) in [5.41, 5.74) is 0. The lowest BCUT2D eigenvalue weighted by atomic mass is 10.2. The Morgan fingerprint density at radius 3 is 2.31 bits per heavy atom. The van der Waals surface area contributed by atoms with Gasteiger partial charge in [-0.05, 0) is 12.3 Å². The third-order valence-electron chi connectivity index (χ3n) is 1.52. The van der Waals surface area contributed by atoms with Gasteiger partial charge >= 0.3 is 6.08 Å². The highest BCUT2D eigenvalue weighted by molar-refractivity contribution is 5.22. The van der Waals surface area contributed by atoms with Gasteiger partial charge in [-0.3, -0.25) is 0 Å². The van der Waals surface area contributed by atoms with Crippen molar-refractivity contribution in [2.45, 2.75) is 39.0 Å². The average Bonchev–Trinajstić information content (AvgIpc) is 2.10. The molecular weight excluding hydrogens is 177 g/mol. The molecule has 0 atom stereocenters. The lowest BCUT2D eigenvalue weighted by molar-refractivity contribution is 0.389. The first-order chi connectivity index (χ1) is 6.18. The van der Waals surface area contributed by atoms with Crippen molar-refractivity contribution >= 4 is 0 Å². The van der Waals surface area contributed by atoms with Crippen LogP contribution in [-0.4, -0.2) is 0 Å². The van der Waals surface area contributed by atoms with Crippen molar-refractivity contribution in [2.75, 3.05) is 0 Å². The molecule has 0 aromatic rings. The lowest BCUT2D eigenvalue weighted by Crippen LogP contribution is -1.75. The second-order valence-electron chi connectivity index (χ2n) is 2.69. The molecule has 0 nitrogen and oxygen atoms in total. The number of hydrogen-bond acceptors (Lipinski definition) is 0. The van der Waals surface area contributed by atoms with Gasteiger partial charge in [0.15, 0.2) is 0 Å². The summed E-state index contributed by atoms with van der Waals surface area (Å²) in [5.74, 6) is 2.53. The summed E-state index contributed by atoms with van der Waals surface area (Å²) in [6.07, 6.45) is 2.25. The highest BCUT2D eigenvalue weighted by Gasteiger charge is 1.98. The van der Waals surface area contributed by atoms with Crippen LogP contribution >= 0.6 is 0 Å². The average molecular weight is 190 g/mol. The Balaban J connectivity index is 3.57. The van der Waals surface area contributed by atoms with Crippen LogP contribution in [0.1, 0.15) is 39.0 Å². The van der Waals surface area contributed by atoms with Gasteiger partial charge in [-0.2, -0.15) is 13.2 Å². The molecule has 0 unspecified atom stereocenters. The Morgan fingerprint density at radius 2 is 1.77 bits per heavy atom. The maximum atomic E-state index is 12.1. The van der Waals surface area contributed by atoms with Crippen molar-refractivity contribution in [1.29, 1.82) is 0 Å². The van der Waals surface area contributed by atoms with E-state index in [-0.39, 0.29) is 0 Å². The maximum absolute atomic E-state index is 12.1. The molecule has 0 rings (SSSR count). The van der Waals surface area contributed by atoms with Gasteiger partial charge in [0.25, 0.3) is 0 Å². The Hall–Kier alpha value is -0.910. The summed E-state index contributed by atoms with van der Waals surface area (Å²) in [7, 11) is 0. The summed E-state index contributed by atoms with van der Waals surface area (Å²) in [6.45, 7) is 2.08. The van der Waals surface area contributed by atoms with E-state index in [0.29, 0.717) is 6.42 Å². The van der Waals surface area contributed by atoms with Gasteiger partial charge in [0.1, 0.15) is 0 Å². The SMILES string of the molecule is CCCCCCC#CC(F)=C(F)F. The zero-order valence-electron chi connectivity index (χ0n) is 7.67. The van der Waals surface area contributed by atoms with Crippen LogP contribution in [0.2, 0.25) is 0 Å². The molecule has 3 heteroatoms. The number of hydrogen-bond donors (Lipinski definition) is 0. The van der Waals surface area contributed by atoms with E-state index in [2.05, 4.69) is 12.8 Å². The van der Waals surface area contributed by atoms with Gasteiger partial charge in [0.05, 0.1) is 0 Å². The van der Waals surface area contributed by atoms with E-state index in [1.54, 1.807) is 5.92 Å². The standard InChI is InChI=1S/C10H13F3/c1-2-3-4-5-6-7-8-9(11)10(12)13/h2-6H2,1H3. The smallest absolute Gasteiger partial charge is 0.191 e. The molecule has 0 saturated heterocycles. The van der Waals surface area contributed by atoms with Crippen molar-refractivity contribution in [1.82, 2.24) is 0 Å². The number of rotatable bonds is 4. The van der Waals surface area contributed by atoms with Crippen LogP contribution in [0, 0.1) is 11.8 Å². The fraction of sp³-hybridized carbons (Fsp3) is 0.600. The fourth-order valence-corrected chi connectivity index (χ4v) is 0.828. The zero-order valence-corrected chi connectivity index (χ0v) is 7.67. The molecule has 0 amide bonds. The molecule has 0 radical (unpaired) electrons. The summed E-state index contributed by atoms with van der Waals surface area (Å²) < 4.78 is 35.0. The van der Waals surface area contributed by atoms with Gasteiger partial charge in [-0.1, -0.05) is 32.1 Å². The molecule has 74 valence electrons. The van der Waals surface area contributed by atoms with Gasteiger partial charge in [0, 0.05) is 6.42 Å². The van der Waals surface area contributed by atoms with Gasteiger partial charge < -0.3 is 0 Å². The quantitative estimate of drug-likeness (QED) is 0.463. The molecule has 0 aromatic heterocycles. The largest absolute Gasteiger partial charge is 0.314 e. The third-order valence-corrected chi connectivity index (χ3v) is 1.52. The molecule has 0 aliphatic carbocycles. The Morgan fingerprint density at radius 1 is 1.08 bits per heavy atom. The van der Waals surface area contributed by atoms with E-state index in [9.17, 15) is 13.2 Å². The van der Waals surface area contributed by atoms with Crippen LogP contribution in [-0.2, 0) is 0 Å². The Kier molecular flexibility index (Phi) is 7.18.